The number of phenols is 1. The van der Waals surface area contributed by atoms with Gasteiger partial charge in [0.25, 0.3) is 0 Å². The molecule has 1 N–H and O–H groups in total. The Morgan fingerprint density at radius 1 is 1.03 bits per heavy atom. The van der Waals surface area contributed by atoms with E-state index >= 15 is 0 Å². The SMILES string of the molecule is Cc1ccc(O)c(S(=O)(=O)N2CCN(C(=O)CN3CCCCCCC3=O)CC2)c1. The molecule has 3 rings (SSSR count). The van der Waals surface area contributed by atoms with Gasteiger partial charge in [0.15, 0.2) is 0 Å². The van der Waals surface area contributed by atoms with Crippen LogP contribution in [0.5, 0.6) is 5.75 Å². The van der Waals surface area contributed by atoms with Gasteiger partial charge in [-0.15, -0.1) is 0 Å². The average molecular weight is 424 g/mol. The molecule has 0 spiro atoms. The Labute approximate surface area is 172 Å². The van der Waals surface area contributed by atoms with Crippen LogP contribution in [-0.2, 0) is 19.6 Å². The van der Waals surface area contributed by atoms with Crippen LogP contribution in [0.1, 0.15) is 37.7 Å². The summed E-state index contributed by atoms with van der Waals surface area (Å²) in [5.41, 5.74) is 0.744. The zero-order chi connectivity index (χ0) is 21.0. The number of benzene rings is 1. The lowest BCUT2D eigenvalue weighted by atomic mass is 10.1. The molecule has 2 fully saturated rings. The Morgan fingerprint density at radius 2 is 1.72 bits per heavy atom. The Kier molecular flexibility index (Phi) is 6.79. The fourth-order valence-electron chi connectivity index (χ4n) is 3.79. The molecular weight excluding hydrogens is 394 g/mol. The molecule has 0 bridgehead atoms. The first-order valence-corrected chi connectivity index (χ1v) is 11.6. The second-order valence-corrected chi connectivity index (χ2v) is 9.64. The number of carbonyl (C=O) groups excluding carboxylic acids is 2. The van der Waals surface area contributed by atoms with Crippen LogP contribution >= 0.6 is 0 Å². The van der Waals surface area contributed by atoms with E-state index in [9.17, 15) is 23.1 Å². The second kappa shape index (κ2) is 9.13. The summed E-state index contributed by atoms with van der Waals surface area (Å²) in [6.07, 6.45) is 4.39. The molecule has 2 saturated heterocycles. The highest BCUT2D eigenvalue weighted by atomic mass is 32.2. The van der Waals surface area contributed by atoms with E-state index in [0.29, 0.717) is 13.0 Å². The minimum Gasteiger partial charge on any atom is -0.507 e. The number of aryl methyl sites for hydroxylation is 1. The molecule has 29 heavy (non-hydrogen) atoms. The highest BCUT2D eigenvalue weighted by Crippen LogP contribution is 2.27. The van der Waals surface area contributed by atoms with Crippen LogP contribution in [-0.4, -0.2) is 78.7 Å². The van der Waals surface area contributed by atoms with Crippen LogP contribution < -0.4 is 0 Å². The molecule has 2 heterocycles. The van der Waals surface area contributed by atoms with Gasteiger partial charge < -0.3 is 14.9 Å². The van der Waals surface area contributed by atoms with Gasteiger partial charge in [0.05, 0.1) is 6.54 Å². The summed E-state index contributed by atoms with van der Waals surface area (Å²) in [6, 6.07) is 4.48. The van der Waals surface area contributed by atoms with Crippen molar-refractivity contribution in [2.75, 3.05) is 39.3 Å². The minimum atomic E-state index is -3.83. The lowest BCUT2D eigenvalue weighted by molar-refractivity contribution is -0.141. The Bertz CT molecular complexity index is 863. The maximum Gasteiger partial charge on any atom is 0.246 e. The fourth-order valence-corrected chi connectivity index (χ4v) is 5.38. The normalized spacial score (nSPS) is 19.7. The summed E-state index contributed by atoms with van der Waals surface area (Å²) < 4.78 is 27.1. The number of amides is 2. The quantitative estimate of drug-likeness (QED) is 0.788. The van der Waals surface area contributed by atoms with E-state index in [1.807, 2.05) is 0 Å². The van der Waals surface area contributed by atoms with Gasteiger partial charge in [-0.2, -0.15) is 4.31 Å². The average Bonchev–Trinajstić information content (AvgIpc) is 2.69. The summed E-state index contributed by atoms with van der Waals surface area (Å²) in [5.74, 6) is -0.395. The van der Waals surface area contributed by atoms with E-state index in [1.165, 1.54) is 16.4 Å². The van der Waals surface area contributed by atoms with Crippen LogP contribution in [0, 0.1) is 6.92 Å². The highest BCUT2D eigenvalue weighted by Gasteiger charge is 2.32. The predicted octanol–water partition coefficient (Wildman–Crippen LogP) is 1.33. The number of phenolic OH excluding ortho intramolecular Hbond substituents is 1. The molecule has 0 radical (unpaired) electrons. The molecule has 0 saturated carbocycles. The number of sulfonamides is 1. The van der Waals surface area contributed by atoms with Crippen LogP contribution in [0.25, 0.3) is 0 Å². The standard InChI is InChI=1S/C20H29N3O5S/c1-16-7-8-17(24)18(14-16)29(27,28)23-12-10-21(11-13-23)20(26)15-22-9-5-3-2-4-6-19(22)25/h7-8,14,24H,2-6,9-13,15H2,1H3. The number of hydrogen-bond donors (Lipinski definition) is 1. The molecule has 9 heteroatoms. The lowest BCUT2D eigenvalue weighted by Crippen LogP contribution is -2.53. The number of likely N-dealkylation sites (tertiary alicyclic amines) is 1. The maximum absolute atomic E-state index is 12.9. The Balaban J connectivity index is 1.60. The molecule has 2 amide bonds. The molecule has 160 valence electrons. The summed E-state index contributed by atoms with van der Waals surface area (Å²) in [5, 5.41) is 9.98. The second-order valence-electron chi connectivity index (χ2n) is 7.74. The third-order valence-electron chi connectivity index (χ3n) is 5.57. The maximum atomic E-state index is 12.9. The van der Waals surface area contributed by atoms with Crippen molar-refractivity contribution in [1.29, 1.82) is 0 Å². The van der Waals surface area contributed by atoms with Crippen molar-refractivity contribution in [3.63, 3.8) is 0 Å². The smallest absolute Gasteiger partial charge is 0.246 e. The van der Waals surface area contributed by atoms with Crippen LogP contribution in [0.15, 0.2) is 23.1 Å². The van der Waals surface area contributed by atoms with E-state index in [0.717, 1.165) is 31.2 Å². The Hall–Kier alpha value is -2.13. The first kappa shape index (κ1) is 21.6. The minimum absolute atomic E-state index is 0.0224. The number of aromatic hydroxyl groups is 1. The highest BCUT2D eigenvalue weighted by molar-refractivity contribution is 7.89. The van der Waals surface area contributed by atoms with E-state index in [2.05, 4.69) is 0 Å². The van der Waals surface area contributed by atoms with Gasteiger partial charge in [0.2, 0.25) is 21.8 Å². The summed E-state index contributed by atoms with van der Waals surface area (Å²) in [4.78, 5) is 28.0. The molecule has 0 atom stereocenters. The largest absolute Gasteiger partial charge is 0.507 e. The van der Waals surface area contributed by atoms with Crippen molar-refractivity contribution in [1.82, 2.24) is 14.1 Å². The zero-order valence-electron chi connectivity index (χ0n) is 16.8. The third-order valence-corrected chi connectivity index (χ3v) is 7.50. The van der Waals surface area contributed by atoms with Gasteiger partial charge in [-0.3, -0.25) is 9.59 Å². The van der Waals surface area contributed by atoms with Gasteiger partial charge in [-0.25, -0.2) is 8.42 Å². The third kappa shape index (κ3) is 5.08. The summed E-state index contributed by atoms with van der Waals surface area (Å²) in [6.45, 7) is 3.29. The number of piperazine rings is 1. The molecule has 0 unspecified atom stereocenters. The van der Waals surface area contributed by atoms with Crippen molar-refractivity contribution in [2.45, 2.75) is 43.9 Å². The molecule has 2 aliphatic rings. The summed E-state index contributed by atoms with van der Waals surface area (Å²) >= 11 is 0. The van der Waals surface area contributed by atoms with Crippen molar-refractivity contribution in [3.8, 4) is 5.75 Å². The molecule has 0 aliphatic carbocycles. The van der Waals surface area contributed by atoms with Crippen LogP contribution in [0.3, 0.4) is 0 Å². The first-order valence-electron chi connectivity index (χ1n) is 10.1. The fraction of sp³-hybridized carbons (Fsp3) is 0.600. The van der Waals surface area contributed by atoms with Crippen LogP contribution in [0.4, 0.5) is 0 Å². The molecule has 2 aliphatic heterocycles. The van der Waals surface area contributed by atoms with Gasteiger partial charge in [0, 0.05) is 39.1 Å². The number of rotatable bonds is 4. The van der Waals surface area contributed by atoms with E-state index < -0.39 is 10.0 Å². The summed E-state index contributed by atoms with van der Waals surface area (Å²) in [7, 11) is -3.83. The first-order chi connectivity index (χ1) is 13.8. The lowest BCUT2D eigenvalue weighted by Gasteiger charge is -2.35. The van der Waals surface area contributed by atoms with Gasteiger partial charge in [0.1, 0.15) is 10.6 Å². The van der Waals surface area contributed by atoms with Crippen LogP contribution in [0.2, 0.25) is 0 Å². The Morgan fingerprint density at radius 3 is 2.45 bits per heavy atom. The molecule has 0 aromatic heterocycles. The predicted molar refractivity (Wildman–Crippen MR) is 108 cm³/mol. The number of carbonyl (C=O) groups is 2. The van der Waals surface area contributed by atoms with Gasteiger partial charge in [-0.1, -0.05) is 18.9 Å². The zero-order valence-corrected chi connectivity index (χ0v) is 17.7. The number of hydrogen-bond acceptors (Lipinski definition) is 5. The van der Waals surface area contributed by atoms with E-state index in [-0.39, 0.29) is 55.2 Å². The monoisotopic (exact) mass is 423 g/mol. The van der Waals surface area contributed by atoms with Crippen molar-refractivity contribution < 1.29 is 23.1 Å². The molecule has 1 aromatic carbocycles. The topological polar surface area (TPSA) is 98.2 Å². The van der Waals surface area contributed by atoms with Crippen molar-refractivity contribution >= 4 is 21.8 Å². The molecular formula is C20H29N3O5S. The van der Waals surface area contributed by atoms with E-state index in [1.54, 1.807) is 22.8 Å². The van der Waals surface area contributed by atoms with E-state index in [4.69, 9.17) is 0 Å². The molecule has 1 aromatic rings. The van der Waals surface area contributed by atoms with Gasteiger partial charge >= 0.3 is 0 Å². The number of nitrogens with zero attached hydrogens (tertiary/aromatic N) is 3. The van der Waals surface area contributed by atoms with Gasteiger partial charge in [-0.05, 0) is 37.5 Å². The van der Waals surface area contributed by atoms with Crippen molar-refractivity contribution in [3.05, 3.63) is 23.8 Å². The van der Waals surface area contributed by atoms with Crippen molar-refractivity contribution in [2.24, 2.45) is 0 Å². The molecule has 8 nitrogen and oxygen atoms in total.